The molecule has 2 nitrogen and oxygen atoms in total. The number of rotatable bonds is 1. The second-order valence-corrected chi connectivity index (χ2v) is 4.60. The normalized spacial score (nSPS) is 32.1. The largest absolute Gasteiger partial charge is 0.324 e. The minimum absolute atomic E-state index is 0.103. The average Bonchev–Trinajstić information content (AvgIpc) is 2.45. The van der Waals surface area contributed by atoms with E-state index >= 15 is 0 Å². The van der Waals surface area contributed by atoms with E-state index in [0.29, 0.717) is 5.92 Å². The van der Waals surface area contributed by atoms with Gasteiger partial charge in [-0.1, -0.05) is 29.8 Å². The van der Waals surface area contributed by atoms with E-state index in [1.807, 2.05) is 0 Å². The molecule has 1 aromatic carbocycles. The molecule has 1 aromatic rings. The Morgan fingerprint density at radius 3 is 2.86 bits per heavy atom. The maximum absolute atomic E-state index is 6.24. The Morgan fingerprint density at radius 2 is 2.29 bits per heavy atom. The maximum Gasteiger partial charge on any atom is 0.0333 e. The Labute approximate surface area is 85.5 Å². The number of benzene rings is 1. The predicted octanol–water partition coefficient (Wildman–Crippen LogP) is 1.40. The minimum atomic E-state index is -0.103. The van der Waals surface area contributed by atoms with E-state index in [-0.39, 0.29) is 5.54 Å². The van der Waals surface area contributed by atoms with Crippen molar-refractivity contribution in [3.63, 3.8) is 0 Å². The highest BCUT2D eigenvalue weighted by molar-refractivity contribution is 5.30. The van der Waals surface area contributed by atoms with Crippen molar-refractivity contribution >= 4 is 0 Å². The van der Waals surface area contributed by atoms with Gasteiger partial charge in [0.2, 0.25) is 0 Å². The van der Waals surface area contributed by atoms with Crippen LogP contribution in [0.25, 0.3) is 0 Å². The van der Waals surface area contributed by atoms with Crippen LogP contribution in [0.4, 0.5) is 0 Å². The lowest BCUT2D eigenvalue weighted by Gasteiger charge is -2.26. The monoisotopic (exact) mass is 190 g/mol. The molecule has 1 saturated heterocycles. The van der Waals surface area contributed by atoms with Crippen LogP contribution in [-0.4, -0.2) is 18.6 Å². The molecular weight excluding hydrogens is 172 g/mol. The zero-order valence-electron chi connectivity index (χ0n) is 8.88. The van der Waals surface area contributed by atoms with Crippen molar-refractivity contribution in [2.75, 3.05) is 13.1 Å². The summed E-state index contributed by atoms with van der Waals surface area (Å²) in [6.07, 6.45) is 0. The summed E-state index contributed by atoms with van der Waals surface area (Å²) in [5, 5.41) is 3.36. The van der Waals surface area contributed by atoms with Gasteiger partial charge in [-0.05, 0) is 19.4 Å². The topological polar surface area (TPSA) is 38.0 Å². The molecule has 0 aliphatic carbocycles. The lowest BCUT2D eigenvalue weighted by atomic mass is 9.84. The first kappa shape index (κ1) is 9.69. The molecule has 0 aromatic heterocycles. The highest BCUT2D eigenvalue weighted by Gasteiger charge is 2.35. The summed E-state index contributed by atoms with van der Waals surface area (Å²) < 4.78 is 0. The summed E-state index contributed by atoms with van der Waals surface area (Å²) in [6, 6.07) is 8.65. The molecular formula is C12H18N2. The molecule has 1 aliphatic heterocycles. The molecule has 3 N–H and O–H groups in total. The molecule has 0 bridgehead atoms. The van der Waals surface area contributed by atoms with Gasteiger partial charge in [0.1, 0.15) is 0 Å². The highest BCUT2D eigenvalue weighted by atomic mass is 15.0. The zero-order chi connectivity index (χ0) is 10.2. The van der Waals surface area contributed by atoms with Gasteiger partial charge in [0.25, 0.3) is 0 Å². The third-order valence-electron chi connectivity index (χ3n) is 3.09. The van der Waals surface area contributed by atoms with Gasteiger partial charge < -0.3 is 11.1 Å². The van der Waals surface area contributed by atoms with Crippen molar-refractivity contribution in [2.45, 2.75) is 25.3 Å². The zero-order valence-corrected chi connectivity index (χ0v) is 8.88. The molecule has 2 rings (SSSR count). The van der Waals surface area contributed by atoms with E-state index in [1.54, 1.807) is 0 Å². The molecule has 0 amide bonds. The third kappa shape index (κ3) is 1.68. The van der Waals surface area contributed by atoms with Crippen LogP contribution in [-0.2, 0) is 0 Å². The molecule has 76 valence electrons. The number of nitrogens with one attached hydrogen (secondary N) is 1. The molecule has 0 spiro atoms. The number of nitrogens with two attached hydrogens (primary N) is 1. The minimum Gasteiger partial charge on any atom is -0.324 e. The molecule has 14 heavy (non-hydrogen) atoms. The maximum atomic E-state index is 6.24. The Hall–Kier alpha value is -0.860. The van der Waals surface area contributed by atoms with Crippen molar-refractivity contribution in [3.05, 3.63) is 35.4 Å². The van der Waals surface area contributed by atoms with Crippen molar-refractivity contribution in [3.8, 4) is 0 Å². The summed E-state index contributed by atoms with van der Waals surface area (Å²) in [4.78, 5) is 0. The van der Waals surface area contributed by atoms with E-state index in [1.165, 1.54) is 11.1 Å². The van der Waals surface area contributed by atoms with Crippen molar-refractivity contribution in [1.29, 1.82) is 0 Å². The molecule has 0 radical (unpaired) electrons. The van der Waals surface area contributed by atoms with Crippen LogP contribution in [0.5, 0.6) is 0 Å². The van der Waals surface area contributed by atoms with Crippen molar-refractivity contribution in [1.82, 2.24) is 5.32 Å². The van der Waals surface area contributed by atoms with Crippen LogP contribution in [0.15, 0.2) is 24.3 Å². The molecule has 1 heterocycles. The van der Waals surface area contributed by atoms with Crippen LogP contribution >= 0.6 is 0 Å². The Kier molecular flexibility index (Phi) is 2.33. The van der Waals surface area contributed by atoms with Crippen molar-refractivity contribution < 1.29 is 0 Å². The Morgan fingerprint density at radius 1 is 1.50 bits per heavy atom. The molecule has 1 fully saturated rings. The third-order valence-corrected chi connectivity index (χ3v) is 3.09. The summed E-state index contributed by atoms with van der Waals surface area (Å²) in [6.45, 7) is 6.15. The first-order valence-corrected chi connectivity index (χ1v) is 5.16. The van der Waals surface area contributed by atoms with E-state index in [4.69, 9.17) is 5.73 Å². The van der Waals surface area contributed by atoms with E-state index in [2.05, 4.69) is 43.4 Å². The van der Waals surface area contributed by atoms with Crippen LogP contribution in [0, 0.1) is 6.92 Å². The van der Waals surface area contributed by atoms with E-state index in [9.17, 15) is 0 Å². The second kappa shape index (κ2) is 3.37. The van der Waals surface area contributed by atoms with E-state index < -0.39 is 0 Å². The predicted molar refractivity (Wildman–Crippen MR) is 59.4 cm³/mol. The van der Waals surface area contributed by atoms with Crippen LogP contribution in [0.2, 0.25) is 0 Å². The van der Waals surface area contributed by atoms with Gasteiger partial charge in [-0.3, -0.25) is 0 Å². The summed E-state index contributed by atoms with van der Waals surface area (Å²) >= 11 is 0. The number of aryl methyl sites for hydroxylation is 1. The van der Waals surface area contributed by atoms with Crippen LogP contribution in [0.3, 0.4) is 0 Å². The number of hydrogen-bond donors (Lipinski definition) is 2. The first-order chi connectivity index (χ1) is 6.59. The lowest BCUT2D eigenvalue weighted by molar-refractivity contribution is 0.462. The fraction of sp³-hybridized carbons (Fsp3) is 0.500. The molecule has 0 unspecified atom stereocenters. The van der Waals surface area contributed by atoms with Crippen molar-refractivity contribution in [2.24, 2.45) is 5.73 Å². The average molecular weight is 190 g/mol. The first-order valence-electron chi connectivity index (χ1n) is 5.16. The van der Waals surface area contributed by atoms with Gasteiger partial charge >= 0.3 is 0 Å². The fourth-order valence-electron chi connectivity index (χ4n) is 2.23. The lowest BCUT2D eigenvalue weighted by Crippen LogP contribution is -2.42. The Bertz CT molecular complexity index is 331. The van der Waals surface area contributed by atoms with Gasteiger partial charge in [0, 0.05) is 24.5 Å². The number of hydrogen-bond acceptors (Lipinski definition) is 2. The molecule has 1 aliphatic rings. The molecule has 0 saturated carbocycles. The molecule has 2 atom stereocenters. The van der Waals surface area contributed by atoms with Gasteiger partial charge in [0.15, 0.2) is 0 Å². The van der Waals surface area contributed by atoms with Crippen LogP contribution < -0.4 is 11.1 Å². The second-order valence-electron chi connectivity index (χ2n) is 4.60. The highest BCUT2D eigenvalue weighted by Crippen LogP contribution is 2.29. The van der Waals surface area contributed by atoms with Gasteiger partial charge in [-0.25, -0.2) is 0 Å². The fourth-order valence-corrected chi connectivity index (χ4v) is 2.23. The standard InChI is InChI=1S/C12H18N2/c1-9-4-3-5-10(6-9)11-7-14-8-12(11,2)13/h3-6,11,14H,7-8,13H2,1-2H3/t11-,12+/m1/s1. The quantitative estimate of drug-likeness (QED) is 0.702. The van der Waals surface area contributed by atoms with E-state index in [0.717, 1.165) is 13.1 Å². The van der Waals surface area contributed by atoms with Crippen LogP contribution in [0.1, 0.15) is 24.0 Å². The van der Waals surface area contributed by atoms with Gasteiger partial charge in [0.05, 0.1) is 0 Å². The molecule has 2 heteroatoms. The summed E-state index contributed by atoms with van der Waals surface area (Å²) in [7, 11) is 0. The van der Waals surface area contributed by atoms with Gasteiger partial charge in [-0.15, -0.1) is 0 Å². The smallest absolute Gasteiger partial charge is 0.0333 e. The van der Waals surface area contributed by atoms with Gasteiger partial charge in [-0.2, -0.15) is 0 Å². The summed E-state index contributed by atoms with van der Waals surface area (Å²) in [5.41, 5.74) is 8.81. The SMILES string of the molecule is Cc1cccc([C@H]2CNC[C@]2(C)N)c1. The summed E-state index contributed by atoms with van der Waals surface area (Å²) in [5.74, 6) is 0.447. The Balaban J connectivity index is 2.31.